The molecule has 0 bridgehead atoms. The maximum absolute atomic E-state index is 13.8. The monoisotopic (exact) mass is 344 g/mol. The lowest BCUT2D eigenvalue weighted by atomic mass is 9.72. The lowest BCUT2D eigenvalue weighted by molar-refractivity contribution is -0.145. The van der Waals surface area contributed by atoms with Crippen molar-refractivity contribution in [2.75, 3.05) is 49.3 Å². The van der Waals surface area contributed by atoms with Gasteiger partial charge in [0.25, 0.3) is 0 Å². The molecule has 2 saturated heterocycles. The summed E-state index contributed by atoms with van der Waals surface area (Å²) in [5.74, 6) is 0.242. The fraction of sp³-hybridized carbons (Fsp3) is 0.650. The molecule has 25 heavy (non-hydrogen) atoms. The van der Waals surface area contributed by atoms with Gasteiger partial charge in [0.05, 0.1) is 22.9 Å². The Balaban J connectivity index is 1.68. The fourth-order valence-electron chi connectivity index (χ4n) is 4.65. The average molecular weight is 344 g/mol. The van der Waals surface area contributed by atoms with Gasteiger partial charge in [0.2, 0.25) is 5.91 Å². The van der Waals surface area contributed by atoms with E-state index < -0.39 is 5.41 Å². The number of benzene rings is 1. The van der Waals surface area contributed by atoms with E-state index in [1.807, 2.05) is 11.0 Å². The number of hydrogen-bond acceptors (Lipinski definition) is 4. The van der Waals surface area contributed by atoms with Crippen molar-refractivity contribution in [1.29, 1.82) is 0 Å². The highest BCUT2D eigenvalue weighted by molar-refractivity contribution is 6.01. The maximum Gasteiger partial charge on any atom is 0.236 e. The molecule has 0 N–H and O–H groups in total. The highest BCUT2D eigenvalue weighted by atomic mass is 16.5. The van der Waals surface area contributed by atoms with E-state index in [9.17, 15) is 4.79 Å². The number of para-hydroxylation sites is 2. The molecule has 0 aromatic heterocycles. The van der Waals surface area contributed by atoms with Crippen LogP contribution >= 0.6 is 0 Å². The van der Waals surface area contributed by atoms with Crippen molar-refractivity contribution in [2.45, 2.75) is 38.7 Å². The lowest BCUT2D eigenvalue weighted by Gasteiger charge is -2.45. The number of carbonyl (C=O) groups is 1. The topological polar surface area (TPSA) is 42.0 Å². The molecule has 0 radical (unpaired) electrons. The molecule has 2 fully saturated rings. The summed E-state index contributed by atoms with van der Waals surface area (Å²) in [7, 11) is 0. The minimum atomic E-state index is -0.420. The third kappa shape index (κ3) is 2.83. The van der Waals surface area contributed by atoms with Gasteiger partial charge in [-0.25, -0.2) is 0 Å². The number of amides is 1. The molecule has 0 spiro atoms. The molecule has 4 rings (SSSR count). The van der Waals surface area contributed by atoms with Gasteiger partial charge in [-0.3, -0.25) is 4.79 Å². The van der Waals surface area contributed by atoms with E-state index in [2.05, 4.69) is 30.0 Å². The zero-order valence-corrected chi connectivity index (χ0v) is 15.1. The first-order valence-electron chi connectivity index (χ1n) is 9.61. The number of rotatable bonds is 3. The molecular weight excluding hydrogens is 316 g/mol. The molecule has 5 heteroatoms. The van der Waals surface area contributed by atoms with Crippen molar-refractivity contribution < 1.29 is 14.3 Å². The van der Waals surface area contributed by atoms with Gasteiger partial charge < -0.3 is 19.3 Å². The second-order valence-corrected chi connectivity index (χ2v) is 7.30. The molecule has 1 atom stereocenters. The Morgan fingerprint density at radius 1 is 1.16 bits per heavy atom. The molecule has 0 saturated carbocycles. The van der Waals surface area contributed by atoms with Crippen LogP contribution in [0.25, 0.3) is 0 Å². The Bertz CT molecular complexity index is 621. The number of nitrogens with zero attached hydrogens (tertiary/aromatic N) is 2. The Labute approximate surface area is 149 Å². The predicted octanol–water partition coefficient (Wildman–Crippen LogP) is 2.84. The molecule has 3 aliphatic heterocycles. The summed E-state index contributed by atoms with van der Waals surface area (Å²) in [6, 6.07) is 8.29. The smallest absolute Gasteiger partial charge is 0.236 e. The highest BCUT2D eigenvalue weighted by Crippen LogP contribution is 2.44. The second-order valence-electron chi connectivity index (χ2n) is 7.30. The third-order valence-electron chi connectivity index (χ3n) is 6.09. The number of fused-ring (bicyclic) bond motifs is 1. The first kappa shape index (κ1) is 16.9. The second kappa shape index (κ2) is 6.96. The van der Waals surface area contributed by atoms with Gasteiger partial charge in [-0.15, -0.1) is 0 Å². The van der Waals surface area contributed by atoms with E-state index in [1.54, 1.807) is 0 Å². The van der Waals surface area contributed by atoms with Crippen LogP contribution in [0.3, 0.4) is 0 Å². The van der Waals surface area contributed by atoms with Crippen LogP contribution in [-0.2, 0) is 14.3 Å². The largest absolute Gasteiger partial charge is 0.381 e. The van der Waals surface area contributed by atoms with Crippen molar-refractivity contribution in [3.8, 4) is 0 Å². The lowest BCUT2D eigenvalue weighted by Crippen LogP contribution is -2.56. The van der Waals surface area contributed by atoms with Gasteiger partial charge in [0.15, 0.2) is 0 Å². The van der Waals surface area contributed by atoms with Crippen molar-refractivity contribution in [3.05, 3.63) is 24.3 Å². The third-order valence-corrected chi connectivity index (χ3v) is 6.09. The van der Waals surface area contributed by atoms with Crippen LogP contribution < -0.4 is 9.80 Å². The van der Waals surface area contributed by atoms with E-state index in [1.165, 1.54) is 5.69 Å². The van der Waals surface area contributed by atoms with Gasteiger partial charge in [0.1, 0.15) is 0 Å². The fourth-order valence-corrected chi connectivity index (χ4v) is 4.65. The SMILES string of the molecule is CCN1CCN(C(=O)C2(C3CCCO3)CCOCC2)c2ccccc21. The molecule has 3 aliphatic rings. The minimum absolute atomic E-state index is 0.0419. The standard InChI is InChI=1S/C20H28N2O3/c1-2-21-11-12-22(17-7-4-3-6-16(17)21)19(23)20(9-14-24-15-10-20)18-8-5-13-25-18/h3-4,6-7,18H,2,5,8-15H2,1H3. The zero-order chi connectivity index (χ0) is 17.3. The molecule has 136 valence electrons. The van der Waals surface area contributed by atoms with Gasteiger partial charge in [-0.05, 0) is 44.7 Å². The Kier molecular flexibility index (Phi) is 4.69. The Morgan fingerprint density at radius 3 is 2.60 bits per heavy atom. The zero-order valence-electron chi connectivity index (χ0n) is 15.1. The highest BCUT2D eigenvalue weighted by Gasteiger charge is 2.51. The normalized spacial score (nSPS) is 25.7. The van der Waals surface area contributed by atoms with E-state index in [0.717, 1.165) is 57.6 Å². The summed E-state index contributed by atoms with van der Waals surface area (Å²) in [5.41, 5.74) is 1.79. The Hall–Kier alpha value is -1.59. The van der Waals surface area contributed by atoms with Crippen LogP contribution in [0.4, 0.5) is 11.4 Å². The Morgan fingerprint density at radius 2 is 1.92 bits per heavy atom. The molecular formula is C20H28N2O3. The molecule has 3 heterocycles. The van der Waals surface area contributed by atoms with Crippen molar-refractivity contribution >= 4 is 17.3 Å². The molecule has 1 unspecified atom stereocenters. The van der Waals surface area contributed by atoms with Crippen LogP contribution in [-0.4, -0.2) is 51.5 Å². The van der Waals surface area contributed by atoms with Crippen LogP contribution in [0.1, 0.15) is 32.6 Å². The molecule has 1 aromatic carbocycles. The first-order valence-corrected chi connectivity index (χ1v) is 9.61. The first-order chi connectivity index (χ1) is 12.3. The molecule has 1 aromatic rings. The number of hydrogen-bond donors (Lipinski definition) is 0. The summed E-state index contributed by atoms with van der Waals surface area (Å²) in [6.07, 6.45) is 3.63. The predicted molar refractivity (Wildman–Crippen MR) is 98.1 cm³/mol. The van der Waals surface area contributed by atoms with E-state index in [4.69, 9.17) is 9.47 Å². The van der Waals surface area contributed by atoms with Crippen molar-refractivity contribution in [3.63, 3.8) is 0 Å². The minimum Gasteiger partial charge on any atom is -0.381 e. The average Bonchev–Trinajstić information content (AvgIpc) is 3.22. The summed E-state index contributed by atoms with van der Waals surface area (Å²) in [5, 5.41) is 0. The molecule has 5 nitrogen and oxygen atoms in total. The van der Waals surface area contributed by atoms with Crippen LogP contribution in [0, 0.1) is 5.41 Å². The van der Waals surface area contributed by atoms with Gasteiger partial charge >= 0.3 is 0 Å². The summed E-state index contributed by atoms with van der Waals surface area (Å²) in [6.45, 7) is 6.85. The summed E-state index contributed by atoms with van der Waals surface area (Å²) < 4.78 is 11.6. The van der Waals surface area contributed by atoms with E-state index >= 15 is 0 Å². The number of anilines is 2. The van der Waals surface area contributed by atoms with Crippen LogP contribution in [0.5, 0.6) is 0 Å². The van der Waals surface area contributed by atoms with Gasteiger partial charge in [-0.1, -0.05) is 12.1 Å². The van der Waals surface area contributed by atoms with E-state index in [-0.39, 0.29) is 12.0 Å². The number of ether oxygens (including phenoxy) is 2. The van der Waals surface area contributed by atoms with Crippen molar-refractivity contribution in [1.82, 2.24) is 0 Å². The van der Waals surface area contributed by atoms with Gasteiger partial charge in [-0.2, -0.15) is 0 Å². The van der Waals surface area contributed by atoms with Gasteiger partial charge in [0, 0.05) is 39.5 Å². The summed E-state index contributed by atoms with van der Waals surface area (Å²) in [4.78, 5) is 18.2. The van der Waals surface area contributed by atoms with E-state index in [0.29, 0.717) is 13.2 Å². The van der Waals surface area contributed by atoms with Crippen LogP contribution in [0.2, 0.25) is 0 Å². The number of likely N-dealkylation sites (N-methyl/N-ethyl adjacent to an activating group) is 1. The number of carbonyl (C=O) groups excluding carboxylic acids is 1. The summed E-state index contributed by atoms with van der Waals surface area (Å²) >= 11 is 0. The molecule has 1 amide bonds. The maximum atomic E-state index is 13.8. The van der Waals surface area contributed by atoms with Crippen molar-refractivity contribution in [2.24, 2.45) is 5.41 Å². The quantitative estimate of drug-likeness (QED) is 0.846. The molecule has 0 aliphatic carbocycles. The van der Waals surface area contributed by atoms with Crippen LogP contribution in [0.15, 0.2) is 24.3 Å².